The molecule has 2 fully saturated rings. The van der Waals surface area contributed by atoms with E-state index in [-0.39, 0.29) is 0 Å². The molecule has 0 aliphatic heterocycles. The molecular weight excluding hydrogens is 196 g/mol. The molecule has 0 heterocycles. The molecule has 2 aliphatic carbocycles. The average molecular weight is 222 g/mol. The number of hydrogen-bond donors (Lipinski definition) is 2. The lowest BCUT2D eigenvalue weighted by Crippen LogP contribution is -2.40. The van der Waals surface area contributed by atoms with Gasteiger partial charge < -0.3 is 10.6 Å². The van der Waals surface area contributed by atoms with Crippen LogP contribution in [0.2, 0.25) is 0 Å². The van der Waals surface area contributed by atoms with Crippen molar-refractivity contribution in [2.24, 2.45) is 0 Å². The standard InChI is InChI=1S/C14H26N2/c1-12(15-13-8-4-2-5-9-13)16-14-10-6-3-7-11-14/h13-16H,1-11H2. The van der Waals surface area contributed by atoms with Gasteiger partial charge in [0, 0.05) is 12.1 Å². The SMILES string of the molecule is C=C(NC1CCCCC1)NC1CCCCC1. The maximum absolute atomic E-state index is 4.12. The Balaban J connectivity index is 1.66. The fraction of sp³-hybridized carbons (Fsp3) is 0.857. The lowest BCUT2D eigenvalue weighted by Gasteiger charge is -2.29. The molecule has 2 aliphatic rings. The van der Waals surface area contributed by atoms with Crippen LogP contribution in [0.25, 0.3) is 0 Å². The van der Waals surface area contributed by atoms with Crippen LogP contribution in [0.3, 0.4) is 0 Å². The number of nitrogens with one attached hydrogen (secondary N) is 2. The second-order valence-electron chi connectivity index (χ2n) is 5.44. The van der Waals surface area contributed by atoms with Crippen molar-refractivity contribution in [2.45, 2.75) is 76.3 Å². The smallest absolute Gasteiger partial charge is 0.0916 e. The third-order valence-corrected chi connectivity index (χ3v) is 3.97. The highest BCUT2D eigenvalue weighted by Crippen LogP contribution is 2.20. The molecule has 2 nitrogen and oxygen atoms in total. The topological polar surface area (TPSA) is 24.1 Å². The van der Waals surface area contributed by atoms with Gasteiger partial charge in [0.2, 0.25) is 0 Å². The molecule has 0 saturated heterocycles. The highest BCUT2D eigenvalue weighted by atomic mass is 15.1. The zero-order valence-electron chi connectivity index (χ0n) is 10.4. The Labute approximate surface area is 99.9 Å². The van der Waals surface area contributed by atoms with Gasteiger partial charge in [0.1, 0.15) is 0 Å². The minimum atomic E-state index is 0.678. The molecule has 0 unspecified atom stereocenters. The van der Waals surface area contributed by atoms with E-state index < -0.39 is 0 Å². The summed E-state index contributed by atoms with van der Waals surface area (Å²) in [6.45, 7) is 4.12. The van der Waals surface area contributed by atoms with Crippen LogP contribution in [0.5, 0.6) is 0 Å². The van der Waals surface area contributed by atoms with Crippen molar-refractivity contribution < 1.29 is 0 Å². The fourth-order valence-corrected chi connectivity index (χ4v) is 3.03. The van der Waals surface area contributed by atoms with E-state index in [0.717, 1.165) is 5.82 Å². The quantitative estimate of drug-likeness (QED) is 0.762. The first kappa shape index (κ1) is 11.8. The van der Waals surface area contributed by atoms with Crippen molar-refractivity contribution in [3.05, 3.63) is 12.4 Å². The number of hydrogen-bond acceptors (Lipinski definition) is 2. The van der Waals surface area contributed by atoms with Gasteiger partial charge >= 0.3 is 0 Å². The summed E-state index contributed by atoms with van der Waals surface area (Å²) < 4.78 is 0. The molecule has 2 N–H and O–H groups in total. The van der Waals surface area contributed by atoms with Crippen LogP contribution in [0.1, 0.15) is 64.2 Å². The third kappa shape index (κ3) is 3.73. The summed E-state index contributed by atoms with van der Waals surface area (Å²) in [5.41, 5.74) is 0. The van der Waals surface area contributed by atoms with Crippen LogP contribution < -0.4 is 10.6 Å². The van der Waals surface area contributed by atoms with Gasteiger partial charge in [-0.1, -0.05) is 45.1 Å². The molecule has 0 atom stereocenters. The first-order valence-corrected chi connectivity index (χ1v) is 7.06. The summed E-state index contributed by atoms with van der Waals surface area (Å²) in [5, 5.41) is 7.12. The van der Waals surface area contributed by atoms with Crippen molar-refractivity contribution in [3.63, 3.8) is 0 Å². The Morgan fingerprint density at radius 3 is 1.44 bits per heavy atom. The van der Waals surface area contributed by atoms with Gasteiger partial charge in [-0.15, -0.1) is 0 Å². The van der Waals surface area contributed by atoms with Gasteiger partial charge in [0.15, 0.2) is 0 Å². The van der Waals surface area contributed by atoms with E-state index in [2.05, 4.69) is 17.2 Å². The second kappa shape index (κ2) is 6.17. The minimum absolute atomic E-state index is 0.678. The molecule has 0 aromatic carbocycles. The predicted octanol–water partition coefficient (Wildman–Crippen LogP) is 3.30. The van der Waals surface area contributed by atoms with Gasteiger partial charge in [-0.25, -0.2) is 0 Å². The van der Waals surface area contributed by atoms with E-state index >= 15 is 0 Å². The van der Waals surface area contributed by atoms with Gasteiger partial charge in [0.25, 0.3) is 0 Å². The van der Waals surface area contributed by atoms with Crippen molar-refractivity contribution in [1.82, 2.24) is 10.6 Å². The van der Waals surface area contributed by atoms with Crippen LogP contribution >= 0.6 is 0 Å². The largest absolute Gasteiger partial charge is 0.370 e. The molecule has 0 aromatic rings. The molecule has 2 rings (SSSR count). The maximum atomic E-state index is 4.12. The lowest BCUT2D eigenvalue weighted by atomic mass is 9.95. The zero-order chi connectivity index (χ0) is 11.2. The molecule has 0 spiro atoms. The Kier molecular flexibility index (Phi) is 4.55. The van der Waals surface area contributed by atoms with Crippen LogP contribution in [-0.2, 0) is 0 Å². The van der Waals surface area contributed by atoms with Crippen molar-refractivity contribution in [3.8, 4) is 0 Å². The highest BCUT2D eigenvalue weighted by Gasteiger charge is 2.16. The second-order valence-corrected chi connectivity index (χ2v) is 5.44. The van der Waals surface area contributed by atoms with Gasteiger partial charge in [-0.2, -0.15) is 0 Å². The normalized spacial score (nSPS) is 24.0. The van der Waals surface area contributed by atoms with E-state index in [1.807, 2.05) is 0 Å². The molecule has 16 heavy (non-hydrogen) atoms. The van der Waals surface area contributed by atoms with Crippen molar-refractivity contribution in [2.75, 3.05) is 0 Å². The highest BCUT2D eigenvalue weighted by molar-refractivity contribution is 4.95. The fourth-order valence-electron chi connectivity index (χ4n) is 3.03. The Morgan fingerprint density at radius 2 is 1.06 bits per heavy atom. The van der Waals surface area contributed by atoms with Gasteiger partial charge in [0.05, 0.1) is 5.82 Å². The van der Waals surface area contributed by atoms with Crippen LogP contribution in [0.4, 0.5) is 0 Å². The molecule has 0 bridgehead atoms. The van der Waals surface area contributed by atoms with E-state index in [9.17, 15) is 0 Å². The molecule has 2 heteroatoms. The first-order chi connectivity index (χ1) is 7.84. The monoisotopic (exact) mass is 222 g/mol. The van der Waals surface area contributed by atoms with Crippen LogP contribution in [0.15, 0.2) is 12.4 Å². The average Bonchev–Trinajstić information content (AvgIpc) is 2.31. The summed E-state index contributed by atoms with van der Waals surface area (Å²) in [6, 6.07) is 1.36. The molecule has 0 radical (unpaired) electrons. The Hall–Kier alpha value is -0.660. The zero-order valence-corrected chi connectivity index (χ0v) is 10.4. The summed E-state index contributed by atoms with van der Waals surface area (Å²) in [4.78, 5) is 0. The van der Waals surface area contributed by atoms with E-state index in [1.54, 1.807) is 0 Å². The molecule has 0 amide bonds. The van der Waals surface area contributed by atoms with Crippen molar-refractivity contribution >= 4 is 0 Å². The third-order valence-electron chi connectivity index (χ3n) is 3.97. The minimum Gasteiger partial charge on any atom is -0.370 e. The molecule has 0 aromatic heterocycles. The van der Waals surface area contributed by atoms with Crippen molar-refractivity contribution in [1.29, 1.82) is 0 Å². The molecular formula is C14H26N2. The summed E-state index contributed by atoms with van der Waals surface area (Å²) >= 11 is 0. The number of rotatable bonds is 4. The van der Waals surface area contributed by atoms with Gasteiger partial charge in [-0.05, 0) is 25.7 Å². The molecule has 2 saturated carbocycles. The Morgan fingerprint density at radius 1 is 0.688 bits per heavy atom. The van der Waals surface area contributed by atoms with E-state index in [1.165, 1.54) is 64.2 Å². The van der Waals surface area contributed by atoms with E-state index in [4.69, 9.17) is 0 Å². The summed E-state index contributed by atoms with van der Waals surface area (Å²) in [7, 11) is 0. The van der Waals surface area contributed by atoms with Crippen LogP contribution in [-0.4, -0.2) is 12.1 Å². The van der Waals surface area contributed by atoms with Gasteiger partial charge in [-0.3, -0.25) is 0 Å². The maximum Gasteiger partial charge on any atom is 0.0916 e. The predicted molar refractivity (Wildman–Crippen MR) is 69.2 cm³/mol. The summed E-state index contributed by atoms with van der Waals surface area (Å²) in [5.74, 6) is 1.07. The summed E-state index contributed by atoms with van der Waals surface area (Å²) in [6.07, 6.45) is 13.7. The lowest BCUT2D eigenvalue weighted by molar-refractivity contribution is 0.356. The van der Waals surface area contributed by atoms with Crippen LogP contribution in [0, 0.1) is 0 Å². The Bertz CT molecular complexity index is 191. The van der Waals surface area contributed by atoms with E-state index in [0.29, 0.717) is 12.1 Å². The first-order valence-electron chi connectivity index (χ1n) is 7.06. The molecule has 92 valence electrons.